The zero-order valence-corrected chi connectivity index (χ0v) is 13.6. The fourth-order valence-electron chi connectivity index (χ4n) is 1.61. The lowest BCUT2D eigenvalue weighted by molar-refractivity contribution is 0.439. The quantitative estimate of drug-likeness (QED) is 0.876. The molecule has 20 heavy (non-hydrogen) atoms. The van der Waals surface area contributed by atoms with Crippen LogP contribution in [0.5, 0.6) is 11.8 Å². The molecule has 0 aliphatic carbocycles. The average molecular weight is 357 g/mol. The monoisotopic (exact) mass is 355 g/mol. The Bertz CT molecular complexity index is 607. The van der Waals surface area contributed by atoms with E-state index in [9.17, 15) is 0 Å². The molecule has 0 unspecified atom stereocenters. The van der Waals surface area contributed by atoms with Gasteiger partial charge in [0.2, 0.25) is 0 Å². The molecule has 4 nitrogen and oxygen atoms in total. The van der Waals surface area contributed by atoms with E-state index in [0.29, 0.717) is 16.8 Å². The first-order valence-electron chi connectivity index (χ1n) is 6.26. The van der Waals surface area contributed by atoms with Crippen molar-refractivity contribution in [2.24, 2.45) is 0 Å². The predicted octanol–water partition coefficient (Wildman–Crippen LogP) is 4.10. The zero-order chi connectivity index (χ0) is 14.5. The van der Waals surface area contributed by atoms with E-state index in [4.69, 9.17) is 16.3 Å². The third-order valence-electron chi connectivity index (χ3n) is 2.72. The van der Waals surface area contributed by atoms with Crippen LogP contribution in [0.3, 0.4) is 0 Å². The topological polar surface area (TPSA) is 47.0 Å². The summed E-state index contributed by atoms with van der Waals surface area (Å²) in [6.45, 7) is 5.65. The lowest BCUT2D eigenvalue weighted by Gasteiger charge is -2.09. The highest BCUT2D eigenvalue weighted by atomic mass is 79.9. The Labute approximate surface area is 131 Å². The molecule has 1 aromatic carbocycles. The molecule has 0 amide bonds. The van der Waals surface area contributed by atoms with Crippen molar-refractivity contribution in [2.75, 3.05) is 6.54 Å². The average Bonchev–Trinajstić information content (AvgIpc) is 2.41. The van der Waals surface area contributed by atoms with Gasteiger partial charge >= 0.3 is 6.01 Å². The van der Waals surface area contributed by atoms with E-state index in [1.54, 1.807) is 18.3 Å². The summed E-state index contributed by atoms with van der Waals surface area (Å²) in [5, 5.41) is 3.75. The number of aryl methyl sites for hydroxylation is 1. The van der Waals surface area contributed by atoms with Crippen molar-refractivity contribution in [2.45, 2.75) is 20.4 Å². The second kappa shape index (κ2) is 7.02. The number of nitrogens with zero attached hydrogens (tertiary/aromatic N) is 2. The van der Waals surface area contributed by atoms with E-state index in [2.05, 4.69) is 38.1 Å². The third kappa shape index (κ3) is 3.91. The molecule has 2 rings (SSSR count). The Morgan fingerprint density at radius 2 is 2.20 bits per heavy atom. The highest BCUT2D eigenvalue weighted by molar-refractivity contribution is 9.10. The number of hydrogen-bond acceptors (Lipinski definition) is 4. The molecular weight excluding hydrogens is 342 g/mol. The summed E-state index contributed by atoms with van der Waals surface area (Å²) in [7, 11) is 0. The van der Waals surface area contributed by atoms with Crippen LogP contribution in [0.1, 0.15) is 18.2 Å². The number of rotatable bonds is 5. The van der Waals surface area contributed by atoms with Gasteiger partial charge in [-0.15, -0.1) is 0 Å². The lowest BCUT2D eigenvalue weighted by Crippen LogP contribution is -2.13. The molecule has 2 aromatic rings. The van der Waals surface area contributed by atoms with E-state index in [1.165, 1.54) is 0 Å². The van der Waals surface area contributed by atoms with E-state index in [-0.39, 0.29) is 0 Å². The second-order valence-electron chi connectivity index (χ2n) is 4.22. The second-order valence-corrected chi connectivity index (χ2v) is 5.54. The highest BCUT2D eigenvalue weighted by Gasteiger charge is 2.08. The summed E-state index contributed by atoms with van der Waals surface area (Å²) in [5.74, 6) is 0.536. The molecule has 106 valence electrons. The molecule has 0 aliphatic rings. The van der Waals surface area contributed by atoms with Gasteiger partial charge in [0, 0.05) is 28.5 Å². The van der Waals surface area contributed by atoms with Crippen molar-refractivity contribution in [3.8, 4) is 11.8 Å². The van der Waals surface area contributed by atoms with E-state index in [0.717, 1.165) is 28.8 Å². The zero-order valence-electron chi connectivity index (χ0n) is 11.3. The van der Waals surface area contributed by atoms with Crippen LogP contribution in [-0.4, -0.2) is 16.5 Å². The molecule has 0 radical (unpaired) electrons. The van der Waals surface area contributed by atoms with Gasteiger partial charge in [-0.2, -0.15) is 4.98 Å². The molecule has 0 fully saturated rings. The molecule has 6 heteroatoms. The van der Waals surface area contributed by atoms with Crippen LogP contribution >= 0.6 is 27.5 Å². The SMILES string of the molecule is CCNCc1cnc(Oc2ccc(Br)cc2Cl)nc1C. The minimum atomic E-state index is 0.298. The van der Waals surface area contributed by atoms with E-state index in [1.807, 2.05) is 13.0 Å². The van der Waals surface area contributed by atoms with Gasteiger partial charge in [0.15, 0.2) is 0 Å². The summed E-state index contributed by atoms with van der Waals surface area (Å²) >= 11 is 9.45. The molecule has 0 atom stereocenters. The molecule has 0 aliphatic heterocycles. The lowest BCUT2D eigenvalue weighted by atomic mass is 10.2. The van der Waals surface area contributed by atoms with Crippen LogP contribution in [0.25, 0.3) is 0 Å². The fraction of sp³-hybridized carbons (Fsp3) is 0.286. The largest absolute Gasteiger partial charge is 0.423 e. The van der Waals surface area contributed by atoms with Gasteiger partial charge < -0.3 is 10.1 Å². The van der Waals surface area contributed by atoms with Crippen molar-refractivity contribution >= 4 is 27.5 Å². The number of benzene rings is 1. The van der Waals surface area contributed by atoms with Gasteiger partial charge in [-0.05, 0) is 31.7 Å². The van der Waals surface area contributed by atoms with Crippen LogP contribution in [-0.2, 0) is 6.54 Å². The molecule has 1 N–H and O–H groups in total. The molecule has 0 spiro atoms. The van der Waals surface area contributed by atoms with Gasteiger partial charge in [0.1, 0.15) is 5.75 Å². The summed E-state index contributed by atoms with van der Waals surface area (Å²) in [5.41, 5.74) is 1.95. The summed E-state index contributed by atoms with van der Waals surface area (Å²) < 4.78 is 6.51. The van der Waals surface area contributed by atoms with Crippen molar-refractivity contribution in [1.82, 2.24) is 15.3 Å². The van der Waals surface area contributed by atoms with Crippen LogP contribution in [0.2, 0.25) is 5.02 Å². The molecule has 0 saturated heterocycles. The minimum absolute atomic E-state index is 0.298. The van der Waals surface area contributed by atoms with Crippen molar-refractivity contribution in [1.29, 1.82) is 0 Å². The van der Waals surface area contributed by atoms with Crippen LogP contribution in [0.15, 0.2) is 28.9 Å². The Hall–Kier alpha value is -1.17. The van der Waals surface area contributed by atoms with Crippen molar-refractivity contribution < 1.29 is 4.74 Å². The smallest absolute Gasteiger partial charge is 0.322 e. The molecule has 0 saturated carbocycles. The van der Waals surface area contributed by atoms with Crippen LogP contribution in [0.4, 0.5) is 0 Å². The molecule has 0 bridgehead atoms. The first-order chi connectivity index (χ1) is 9.60. The van der Waals surface area contributed by atoms with Crippen molar-refractivity contribution in [3.05, 3.63) is 45.1 Å². The van der Waals surface area contributed by atoms with Gasteiger partial charge in [-0.1, -0.05) is 34.5 Å². The Morgan fingerprint density at radius 3 is 2.85 bits per heavy atom. The highest BCUT2D eigenvalue weighted by Crippen LogP contribution is 2.30. The van der Waals surface area contributed by atoms with E-state index >= 15 is 0 Å². The van der Waals surface area contributed by atoms with E-state index < -0.39 is 0 Å². The third-order valence-corrected chi connectivity index (χ3v) is 3.51. The molecular formula is C14H15BrClN3O. The number of ether oxygens (including phenoxy) is 1. The summed E-state index contributed by atoms with van der Waals surface area (Å²) in [6.07, 6.45) is 1.77. The number of halogens is 2. The number of hydrogen-bond donors (Lipinski definition) is 1. The summed E-state index contributed by atoms with van der Waals surface area (Å²) in [4.78, 5) is 8.55. The standard InChI is InChI=1S/C14H15BrClN3O/c1-3-17-7-10-8-18-14(19-9(10)2)20-13-5-4-11(15)6-12(13)16/h4-6,8,17H,3,7H2,1-2H3. The Balaban J connectivity index is 2.15. The van der Waals surface area contributed by atoms with Crippen LogP contribution in [0, 0.1) is 6.92 Å². The number of aromatic nitrogens is 2. The maximum atomic E-state index is 6.10. The summed E-state index contributed by atoms with van der Waals surface area (Å²) in [6, 6.07) is 5.70. The van der Waals surface area contributed by atoms with Gasteiger partial charge in [-0.3, -0.25) is 0 Å². The maximum Gasteiger partial charge on any atom is 0.322 e. The normalized spacial score (nSPS) is 10.6. The van der Waals surface area contributed by atoms with Crippen molar-refractivity contribution in [3.63, 3.8) is 0 Å². The Morgan fingerprint density at radius 1 is 1.40 bits per heavy atom. The van der Waals surface area contributed by atoms with Crippen LogP contribution < -0.4 is 10.1 Å². The molecule has 1 aromatic heterocycles. The maximum absolute atomic E-state index is 6.10. The van der Waals surface area contributed by atoms with Gasteiger partial charge in [0.05, 0.1) is 5.02 Å². The van der Waals surface area contributed by atoms with Gasteiger partial charge in [-0.25, -0.2) is 4.98 Å². The minimum Gasteiger partial charge on any atom is -0.423 e. The number of nitrogens with one attached hydrogen (secondary N) is 1. The fourth-order valence-corrected chi connectivity index (χ4v) is 2.32. The molecule has 1 heterocycles. The Kier molecular flexibility index (Phi) is 5.34. The predicted molar refractivity (Wildman–Crippen MR) is 83.4 cm³/mol. The first-order valence-corrected chi connectivity index (χ1v) is 7.43. The van der Waals surface area contributed by atoms with Gasteiger partial charge in [0.25, 0.3) is 0 Å². The first kappa shape index (κ1) is 15.2.